The van der Waals surface area contributed by atoms with Crippen LogP contribution >= 0.6 is 23.4 Å². The van der Waals surface area contributed by atoms with Gasteiger partial charge in [0.15, 0.2) is 0 Å². The van der Waals surface area contributed by atoms with E-state index in [0.29, 0.717) is 10.7 Å². The van der Waals surface area contributed by atoms with E-state index in [9.17, 15) is 0 Å². The summed E-state index contributed by atoms with van der Waals surface area (Å²) in [5, 5.41) is 1.36. The van der Waals surface area contributed by atoms with E-state index < -0.39 is 0 Å². The first-order chi connectivity index (χ1) is 8.06. The molecule has 0 fully saturated rings. The summed E-state index contributed by atoms with van der Waals surface area (Å²) in [5.74, 6) is 0. The molecule has 2 aromatic rings. The highest BCUT2D eigenvalue weighted by Gasteiger charge is 2.06. The second-order valence-electron chi connectivity index (χ2n) is 3.92. The van der Waals surface area contributed by atoms with Crippen LogP contribution in [0, 0.1) is 13.8 Å². The maximum Gasteiger partial charge on any atom is 0.124 e. The van der Waals surface area contributed by atoms with Gasteiger partial charge < -0.3 is 5.73 Å². The third-order valence-electron chi connectivity index (χ3n) is 2.38. The molecule has 0 bridgehead atoms. The second kappa shape index (κ2) is 4.98. The Bertz CT molecular complexity index is 506. The quantitative estimate of drug-likeness (QED) is 0.888. The van der Waals surface area contributed by atoms with E-state index in [-0.39, 0.29) is 0 Å². The number of aromatic nitrogens is 1. The molecule has 0 spiro atoms. The summed E-state index contributed by atoms with van der Waals surface area (Å²) < 4.78 is 0. The van der Waals surface area contributed by atoms with Crippen LogP contribution in [0.4, 0.5) is 5.69 Å². The van der Waals surface area contributed by atoms with Crippen molar-refractivity contribution >= 4 is 29.1 Å². The number of aryl methyl sites for hydroxylation is 2. The number of nitrogen functional groups attached to an aromatic ring is 1. The first kappa shape index (κ1) is 12.3. The lowest BCUT2D eigenvalue weighted by atomic mass is 10.2. The van der Waals surface area contributed by atoms with Gasteiger partial charge in [0.05, 0.1) is 10.7 Å². The Labute approximate surface area is 110 Å². The molecule has 0 radical (unpaired) electrons. The predicted molar refractivity (Wildman–Crippen MR) is 73.7 cm³/mol. The van der Waals surface area contributed by atoms with Crippen molar-refractivity contribution in [3.63, 3.8) is 0 Å². The van der Waals surface area contributed by atoms with E-state index >= 15 is 0 Å². The molecule has 17 heavy (non-hydrogen) atoms. The topological polar surface area (TPSA) is 38.9 Å². The highest BCUT2D eigenvalue weighted by molar-refractivity contribution is 7.99. The monoisotopic (exact) mass is 264 g/mol. The highest BCUT2D eigenvalue weighted by Crippen LogP contribution is 2.33. The molecule has 0 aliphatic rings. The molecule has 2 N–H and O–H groups in total. The molecule has 0 amide bonds. The van der Waals surface area contributed by atoms with Crippen molar-refractivity contribution in [1.29, 1.82) is 0 Å². The molecule has 2 nitrogen and oxygen atoms in total. The molecule has 1 heterocycles. The lowest BCUT2D eigenvalue weighted by molar-refractivity contribution is 1.13. The Morgan fingerprint density at radius 3 is 2.65 bits per heavy atom. The van der Waals surface area contributed by atoms with Gasteiger partial charge in [-0.15, -0.1) is 0 Å². The van der Waals surface area contributed by atoms with Gasteiger partial charge in [-0.3, -0.25) is 0 Å². The smallest absolute Gasteiger partial charge is 0.124 e. The van der Waals surface area contributed by atoms with Crippen LogP contribution in [0.5, 0.6) is 0 Å². The number of hydrogen-bond donors (Lipinski definition) is 1. The molecule has 1 aromatic heterocycles. The van der Waals surface area contributed by atoms with Crippen molar-refractivity contribution < 1.29 is 0 Å². The van der Waals surface area contributed by atoms with E-state index in [1.165, 1.54) is 11.1 Å². The van der Waals surface area contributed by atoms with E-state index in [1.807, 2.05) is 0 Å². The average molecular weight is 265 g/mol. The van der Waals surface area contributed by atoms with Gasteiger partial charge in [0.2, 0.25) is 0 Å². The lowest BCUT2D eigenvalue weighted by Crippen LogP contribution is -1.92. The normalized spacial score (nSPS) is 10.5. The molecule has 0 saturated carbocycles. The van der Waals surface area contributed by atoms with Crippen LogP contribution < -0.4 is 5.73 Å². The molecule has 4 heteroatoms. The number of nitrogens with two attached hydrogens (primary N) is 1. The molecule has 0 unspecified atom stereocenters. The van der Waals surface area contributed by atoms with Crippen LogP contribution in [0.1, 0.15) is 11.1 Å². The number of rotatable bonds is 2. The summed E-state index contributed by atoms with van der Waals surface area (Å²) in [6.07, 6.45) is 1.61. The molecule has 0 atom stereocenters. The van der Waals surface area contributed by atoms with Gasteiger partial charge >= 0.3 is 0 Å². The standard InChI is InChI=1S/C13H13ClN2S/c1-8-3-4-12(9(2)5-8)17-13-11(15)6-10(14)7-16-13/h3-7H,15H2,1-2H3. The van der Waals surface area contributed by atoms with Crippen molar-refractivity contribution in [2.24, 2.45) is 0 Å². The van der Waals surface area contributed by atoms with Crippen LogP contribution in [0.2, 0.25) is 5.02 Å². The van der Waals surface area contributed by atoms with E-state index in [2.05, 4.69) is 37.0 Å². The van der Waals surface area contributed by atoms with Crippen molar-refractivity contribution in [3.8, 4) is 0 Å². The molecule has 0 aliphatic carbocycles. The Balaban J connectivity index is 2.31. The SMILES string of the molecule is Cc1ccc(Sc2ncc(Cl)cc2N)c(C)c1. The molecule has 0 aliphatic heterocycles. The Kier molecular flexibility index (Phi) is 3.60. The highest BCUT2D eigenvalue weighted by atomic mass is 35.5. The summed E-state index contributed by atoms with van der Waals surface area (Å²) in [5.41, 5.74) is 8.98. The second-order valence-corrected chi connectivity index (χ2v) is 5.39. The van der Waals surface area contributed by atoms with Crippen molar-refractivity contribution in [2.75, 3.05) is 5.73 Å². The zero-order valence-electron chi connectivity index (χ0n) is 9.70. The number of pyridine rings is 1. The van der Waals surface area contributed by atoms with Crippen LogP contribution in [-0.2, 0) is 0 Å². The fourth-order valence-electron chi connectivity index (χ4n) is 1.55. The predicted octanol–water partition coefficient (Wildman–Crippen LogP) is 4.09. The van der Waals surface area contributed by atoms with Crippen LogP contribution in [-0.4, -0.2) is 4.98 Å². The van der Waals surface area contributed by atoms with E-state index in [0.717, 1.165) is 9.92 Å². The minimum Gasteiger partial charge on any atom is -0.396 e. The summed E-state index contributed by atoms with van der Waals surface area (Å²) in [7, 11) is 0. The summed E-state index contributed by atoms with van der Waals surface area (Å²) in [6, 6.07) is 8.04. The lowest BCUT2D eigenvalue weighted by Gasteiger charge is -2.08. The minimum absolute atomic E-state index is 0.562. The molecular formula is C13H13ClN2S. The van der Waals surface area contributed by atoms with Gasteiger partial charge in [0.1, 0.15) is 5.03 Å². The number of nitrogens with zero attached hydrogens (tertiary/aromatic N) is 1. The fraction of sp³-hybridized carbons (Fsp3) is 0.154. The number of anilines is 1. The van der Waals surface area contributed by atoms with Gasteiger partial charge in [0.25, 0.3) is 0 Å². The molecule has 0 saturated heterocycles. The summed E-state index contributed by atoms with van der Waals surface area (Å²) in [4.78, 5) is 5.41. The first-order valence-electron chi connectivity index (χ1n) is 5.22. The third kappa shape index (κ3) is 2.93. The van der Waals surface area contributed by atoms with Gasteiger partial charge in [-0.05, 0) is 31.5 Å². The summed E-state index contributed by atoms with van der Waals surface area (Å²) >= 11 is 7.38. The Morgan fingerprint density at radius 2 is 2.00 bits per heavy atom. The van der Waals surface area contributed by atoms with Crippen molar-refractivity contribution in [2.45, 2.75) is 23.8 Å². The maximum absolute atomic E-state index is 5.88. The first-order valence-corrected chi connectivity index (χ1v) is 6.42. The average Bonchev–Trinajstić information content (AvgIpc) is 2.25. The van der Waals surface area contributed by atoms with Gasteiger partial charge in [-0.25, -0.2) is 4.98 Å². The largest absolute Gasteiger partial charge is 0.396 e. The van der Waals surface area contributed by atoms with Crippen molar-refractivity contribution in [1.82, 2.24) is 4.98 Å². The zero-order valence-corrected chi connectivity index (χ0v) is 11.3. The Hall–Kier alpha value is -1.19. The molecule has 2 rings (SSSR count). The number of halogens is 1. The van der Waals surface area contributed by atoms with Crippen LogP contribution in [0.3, 0.4) is 0 Å². The minimum atomic E-state index is 0.562. The van der Waals surface area contributed by atoms with Crippen molar-refractivity contribution in [3.05, 3.63) is 46.6 Å². The number of hydrogen-bond acceptors (Lipinski definition) is 3. The Morgan fingerprint density at radius 1 is 1.24 bits per heavy atom. The van der Waals surface area contributed by atoms with Crippen LogP contribution in [0.25, 0.3) is 0 Å². The third-order valence-corrected chi connectivity index (χ3v) is 3.80. The molecule has 88 valence electrons. The maximum atomic E-state index is 5.88. The summed E-state index contributed by atoms with van der Waals surface area (Å²) in [6.45, 7) is 4.16. The molecule has 1 aromatic carbocycles. The van der Waals surface area contributed by atoms with Gasteiger partial charge in [0, 0.05) is 11.1 Å². The zero-order chi connectivity index (χ0) is 12.4. The van der Waals surface area contributed by atoms with Gasteiger partial charge in [-0.2, -0.15) is 0 Å². The van der Waals surface area contributed by atoms with E-state index in [1.54, 1.807) is 24.0 Å². The number of benzene rings is 1. The van der Waals surface area contributed by atoms with E-state index in [4.69, 9.17) is 17.3 Å². The van der Waals surface area contributed by atoms with Gasteiger partial charge in [-0.1, -0.05) is 41.1 Å². The molecular weight excluding hydrogens is 252 g/mol. The van der Waals surface area contributed by atoms with Crippen LogP contribution in [0.15, 0.2) is 40.4 Å². The fourth-order valence-corrected chi connectivity index (χ4v) is 2.56.